The normalized spacial score (nSPS) is 19.3. The van der Waals surface area contributed by atoms with E-state index in [4.69, 9.17) is 0 Å². The first-order valence-electron chi connectivity index (χ1n) is 11.1. The number of carbonyl (C=O) groups is 1. The second-order valence-electron chi connectivity index (χ2n) is 8.42. The summed E-state index contributed by atoms with van der Waals surface area (Å²) in [6, 6.07) is 16.4. The number of nitro groups is 1. The Balaban J connectivity index is 1.67. The van der Waals surface area contributed by atoms with Crippen LogP contribution in [0, 0.1) is 10.1 Å². The maximum absolute atomic E-state index is 13.3. The van der Waals surface area contributed by atoms with E-state index in [1.807, 2.05) is 46.7 Å². The van der Waals surface area contributed by atoms with Gasteiger partial charge in [0.2, 0.25) is 5.91 Å². The Bertz CT molecular complexity index is 1120. The van der Waals surface area contributed by atoms with E-state index < -0.39 is 4.92 Å². The van der Waals surface area contributed by atoms with Crippen LogP contribution in [0.4, 0.5) is 5.69 Å². The van der Waals surface area contributed by atoms with Crippen LogP contribution in [0.1, 0.15) is 40.0 Å². The Morgan fingerprint density at radius 3 is 2.30 bits per heavy atom. The van der Waals surface area contributed by atoms with Gasteiger partial charge >= 0.3 is 0 Å². The molecule has 1 amide bonds. The molecule has 0 spiro atoms. The fourth-order valence-electron chi connectivity index (χ4n) is 4.35. The molecule has 1 saturated heterocycles. The first-order chi connectivity index (χ1) is 15.9. The molecule has 0 aliphatic carbocycles. The zero-order valence-corrected chi connectivity index (χ0v) is 19.7. The maximum Gasteiger partial charge on any atom is 0.269 e. The number of nitrogens with zero attached hydrogens (tertiary/aromatic N) is 5. The summed E-state index contributed by atoms with van der Waals surface area (Å²) < 4.78 is 1.90. The molecule has 8 nitrogen and oxygen atoms in total. The van der Waals surface area contributed by atoms with Gasteiger partial charge in [-0.05, 0) is 64.3 Å². The summed E-state index contributed by atoms with van der Waals surface area (Å²) in [5.41, 5.74) is 1.59. The van der Waals surface area contributed by atoms with Gasteiger partial charge in [0.15, 0.2) is 11.0 Å². The van der Waals surface area contributed by atoms with Crippen molar-refractivity contribution < 1.29 is 9.72 Å². The van der Waals surface area contributed by atoms with Crippen molar-refractivity contribution in [2.45, 2.75) is 62.5 Å². The summed E-state index contributed by atoms with van der Waals surface area (Å²) in [4.78, 5) is 26.0. The lowest BCUT2D eigenvalue weighted by Crippen LogP contribution is -2.50. The fraction of sp³-hybridized carbons (Fsp3) is 0.375. The van der Waals surface area contributed by atoms with E-state index >= 15 is 0 Å². The third-order valence-corrected chi connectivity index (χ3v) is 7.09. The molecule has 1 aliphatic heterocycles. The molecule has 1 fully saturated rings. The van der Waals surface area contributed by atoms with Gasteiger partial charge < -0.3 is 4.90 Å². The number of amides is 1. The highest BCUT2D eigenvalue weighted by Crippen LogP contribution is 2.33. The largest absolute Gasteiger partial charge is 0.336 e. The summed E-state index contributed by atoms with van der Waals surface area (Å²) in [6.45, 7) is 6.14. The smallest absolute Gasteiger partial charge is 0.269 e. The van der Waals surface area contributed by atoms with Crippen LogP contribution in [-0.4, -0.2) is 47.8 Å². The minimum atomic E-state index is -0.428. The number of hydrogen-bond donors (Lipinski definition) is 0. The van der Waals surface area contributed by atoms with E-state index in [2.05, 4.69) is 24.0 Å². The van der Waals surface area contributed by atoms with Gasteiger partial charge in [-0.2, -0.15) is 0 Å². The number of carbonyl (C=O) groups excluding carboxylic acids is 1. The highest BCUT2D eigenvalue weighted by molar-refractivity contribution is 8.00. The summed E-state index contributed by atoms with van der Waals surface area (Å²) in [5, 5.41) is 20.1. The quantitative estimate of drug-likeness (QED) is 0.285. The Kier molecular flexibility index (Phi) is 6.78. The van der Waals surface area contributed by atoms with Gasteiger partial charge in [-0.1, -0.05) is 30.0 Å². The fourth-order valence-corrected chi connectivity index (χ4v) is 5.27. The molecule has 2 heterocycles. The van der Waals surface area contributed by atoms with Crippen LogP contribution in [0.15, 0.2) is 59.8 Å². The lowest BCUT2D eigenvalue weighted by atomic mass is 9.97. The summed E-state index contributed by atoms with van der Waals surface area (Å²) in [6.07, 6.45) is 3.20. The van der Waals surface area contributed by atoms with Gasteiger partial charge in [0, 0.05) is 35.5 Å². The lowest BCUT2D eigenvalue weighted by molar-refractivity contribution is -0.384. The lowest BCUT2D eigenvalue weighted by Gasteiger charge is -2.40. The molecule has 0 unspecified atom stereocenters. The second-order valence-corrected chi connectivity index (χ2v) is 9.72. The number of nitro benzene ring substituents is 1. The molecule has 9 heteroatoms. The van der Waals surface area contributed by atoms with E-state index in [9.17, 15) is 14.9 Å². The monoisotopic (exact) mass is 465 g/mol. The van der Waals surface area contributed by atoms with Gasteiger partial charge in [0.1, 0.15) is 0 Å². The van der Waals surface area contributed by atoms with Crippen molar-refractivity contribution >= 4 is 23.4 Å². The van der Waals surface area contributed by atoms with Crippen LogP contribution >= 0.6 is 11.8 Å². The molecule has 3 atom stereocenters. The number of benzene rings is 2. The van der Waals surface area contributed by atoms with Crippen molar-refractivity contribution in [1.82, 2.24) is 19.7 Å². The van der Waals surface area contributed by atoms with Gasteiger partial charge in [0.05, 0.1) is 10.2 Å². The average molecular weight is 466 g/mol. The molecule has 0 saturated carbocycles. The molecule has 0 radical (unpaired) electrons. The standard InChI is InChI=1S/C24H27N5O3S/c1-16-8-7-9-17(2)27(16)23(30)18(3)33-24-26-25-22(28(24)20-10-5-4-6-11-20)19-12-14-21(15-13-19)29(31)32/h4-6,10-18H,7-9H2,1-3H3/t16-,17-,18+/m0/s1. The van der Waals surface area contributed by atoms with E-state index in [-0.39, 0.29) is 28.9 Å². The number of rotatable bonds is 6. The third-order valence-electron chi connectivity index (χ3n) is 6.06. The number of likely N-dealkylation sites (tertiary alicyclic amines) is 1. The molecule has 33 heavy (non-hydrogen) atoms. The van der Waals surface area contributed by atoms with Gasteiger partial charge in [-0.15, -0.1) is 10.2 Å². The molecule has 172 valence electrons. The van der Waals surface area contributed by atoms with Gasteiger partial charge in [0.25, 0.3) is 5.69 Å². The molecule has 2 aromatic carbocycles. The van der Waals surface area contributed by atoms with Crippen LogP contribution < -0.4 is 0 Å². The number of hydrogen-bond acceptors (Lipinski definition) is 6. The Labute approximate surface area is 197 Å². The third kappa shape index (κ3) is 4.78. The van der Waals surface area contributed by atoms with E-state index in [0.717, 1.165) is 24.9 Å². The highest BCUT2D eigenvalue weighted by Gasteiger charge is 2.33. The van der Waals surface area contributed by atoms with Crippen molar-refractivity contribution in [1.29, 1.82) is 0 Å². The first kappa shape index (κ1) is 23.0. The van der Waals surface area contributed by atoms with Crippen LogP contribution in [0.2, 0.25) is 0 Å². The van der Waals surface area contributed by atoms with E-state index in [1.165, 1.54) is 23.9 Å². The molecular weight excluding hydrogens is 438 g/mol. The molecule has 3 aromatic rings. The first-order valence-corrected chi connectivity index (χ1v) is 12.0. The van der Waals surface area contributed by atoms with Crippen molar-refractivity contribution in [3.8, 4) is 17.1 Å². The molecule has 0 N–H and O–H groups in total. The molecule has 4 rings (SSSR count). The molecule has 1 aliphatic rings. The summed E-state index contributed by atoms with van der Waals surface area (Å²) in [5.74, 6) is 0.678. The topological polar surface area (TPSA) is 94.2 Å². The maximum atomic E-state index is 13.3. The highest BCUT2D eigenvalue weighted by atomic mass is 32.2. The summed E-state index contributed by atoms with van der Waals surface area (Å²) >= 11 is 1.38. The molecular formula is C24H27N5O3S. The average Bonchev–Trinajstić information content (AvgIpc) is 3.22. The Morgan fingerprint density at radius 2 is 1.70 bits per heavy atom. The number of non-ortho nitro benzene ring substituents is 1. The molecule has 0 bridgehead atoms. The predicted molar refractivity (Wildman–Crippen MR) is 128 cm³/mol. The van der Waals surface area contributed by atoms with Crippen molar-refractivity contribution in [3.05, 3.63) is 64.7 Å². The second kappa shape index (κ2) is 9.74. The van der Waals surface area contributed by atoms with Crippen molar-refractivity contribution in [2.75, 3.05) is 0 Å². The van der Waals surface area contributed by atoms with Gasteiger partial charge in [-0.3, -0.25) is 19.5 Å². The SMILES string of the molecule is C[C@@H](Sc1nnc(-c2ccc([N+](=O)[O-])cc2)n1-c1ccccc1)C(=O)N1[C@@H](C)CCC[C@@H]1C. The number of aromatic nitrogens is 3. The van der Waals surface area contributed by atoms with Crippen LogP contribution in [0.3, 0.4) is 0 Å². The number of para-hydroxylation sites is 1. The Morgan fingerprint density at radius 1 is 1.06 bits per heavy atom. The number of piperidine rings is 1. The Hall–Kier alpha value is -3.20. The van der Waals surface area contributed by atoms with Crippen LogP contribution in [0.5, 0.6) is 0 Å². The van der Waals surface area contributed by atoms with E-state index in [1.54, 1.807) is 12.1 Å². The van der Waals surface area contributed by atoms with E-state index in [0.29, 0.717) is 16.5 Å². The van der Waals surface area contributed by atoms with Crippen LogP contribution in [-0.2, 0) is 4.79 Å². The van der Waals surface area contributed by atoms with Gasteiger partial charge in [-0.25, -0.2) is 0 Å². The number of thioether (sulfide) groups is 1. The zero-order valence-electron chi connectivity index (χ0n) is 18.9. The van der Waals surface area contributed by atoms with Crippen molar-refractivity contribution in [3.63, 3.8) is 0 Å². The predicted octanol–water partition coefficient (Wildman–Crippen LogP) is 5.11. The zero-order chi connectivity index (χ0) is 23.5. The molecule has 1 aromatic heterocycles. The van der Waals surface area contributed by atoms with Crippen LogP contribution in [0.25, 0.3) is 17.1 Å². The summed E-state index contributed by atoms with van der Waals surface area (Å²) in [7, 11) is 0. The minimum Gasteiger partial charge on any atom is -0.336 e. The van der Waals surface area contributed by atoms with Crippen molar-refractivity contribution in [2.24, 2.45) is 0 Å². The minimum absolute atomic E-state index is 0.0168.